The smallest absolute Gasteiger partial charge is 0.261 e. The third kappa shape index (κ3) is 6.62. The van der Waals surface area contributed by atoms with Gasteiger partial charge in [0.2, 0.25) is 11.8 Å². The molecule has 2 fully saturated rings. The summed E-state index contributed by atoms with van der Waals surface area (Å²) in [6.45, 7) is 13.1. The van der Waals surface area contributed by atoms with Crippen LogP contribution in [0.25, 0.3) is 21.6 Å². The lowest BCUT2D eigenvalue weighted by atomic mass is 10.0. The van der Waals surface area contributed by atoms with Crippen LogP contribution in [0.15, 0.2) is 36.2 Å². The van der Waals surface area contributed by atoms with E-state index in [1.165, 1.54) is 29.2 Å². The summed E-state index contributed by atoms with van der Waals surface area (Å²) in [5.74, 6) is -0.964. The van der Waals surface area contributed by atoms with Crippen LogP contribution in [0, 0.1) is 12.8 Å². The number of pyridine rings is 1. The summed E-state index contributed by atoms with van der Waals surface area (Å²) < 4.78 is 34.9. The highest BCUT2D eigenvalue weighted by Gasteiger charge is 2.61. The summed E-state index contributed by atoms with van der Waals surface area (Å²) in [5, 5.41) is 6.18. The van der Waals surface area contributed by atoms with E-state index >= 15 is 0 Å². The number of nitrogens with one attached hydrogen (secondary N) is 2. The summed E-state index contributed by atoms with van der Waals surface area (Å²) >= 11 is -1.15. The van der Waals surface area contributed by atoms with Gasteiger partial charge >= 0.3 is 0 Å². The van der Waals surface area contributed by atoms with Gasteiger partial charge in [0.1, 0.15) is 39.4 Å². The molecule has 252 valence electrons. The number of hydrogen-bond acceptors (Lipinski definition) is 10. The molecule has 15 heteroatoms. The van der Waals surface area contributed by atoms with Gasteiger partial charge in [-0.2, -0.15) is 0 Å². The van der Waals surface area contributed by atoms with Crippen molar-refractivity contribution in [2.75, 3.05) is 13.7 Å². The Bertz CT molecular complexity index is 1780. The zero-order valence-electron chi connectivity index (χ0n) is 27.2. The van der Waals surface area contributed by atoms with E-state index in [2.05, 4.69) is 25.7 Å². The van der Waals surface area contributed by atoms with Gasteiger partial charge in [-0.3, -0.25) is 18.9 Å². The van der Waals surface area contributed by atoms with Crippen molar-refractivity contribution in [2.45, 2.75) is 76.6 Å². The first-order valence-electron chi connectivity index (χ1n) is 15.2. The van der Waals surface area contributed by atoms with E-state index in [-0.39, 0.29) is 25.3 Å². The van der Waals surface area contributed by atoms with Crippen molar-refractivity contribution in [1.29, 1.82) is 0 Å². The molecule has 47 heavy (non-hydrogen) atoms. The van der Waals surface area contributed by atoms with Gasteiger partial charge in [0.25, 0.3) is 17.2 Å². The minimum Gasteiger partial charge on any atom is -0.496 e. The predicted molar refractivity (Wildman–Crippen MR) is 179 cm³/mol. The summed E-state index contributed by atoms with van der Waals surface area (Å²) in [6, 6.07) is 3.56. The molecule has 0 spiro atoms. The molecule has 1 saturated heterocycles. The van der Waals surface area contributed by atoms with Crippen LogP contribution in [0.2, 0.25) is 0 Å². The number of aryl methyl sites for hydroxylation is 1. The van der Waals surface area contributed by atoms with Crippen LogP contribution >= 0.6 is 11.3 Å². The van der Waals surface area contributed by atoms with Gasteiger partial charge in [0.15, 0.2) is 0 Å². The SMILES string of the molecule is C=CC1CC1(NC(=O)C1CC(C)(Oc2cc(-c3nc(C(C)C)cs3)nc3c(C)c(OC)ccc23)CN1C(=O)C(C)N)C(=O)NS(=O)O. The number of amides is 3. The van der Waals surface area contributed by atoms with Crippen LogP contribution in [0.1, 0.15) is 57.7 Å². The molecule has 3 amide bonds. The van der Waals surface area contributed by atoms with Gasteiger partial charge in [-0.25, -0.2) is 18.9 Å². The van der Waals surface area contributed by atoms with Gasteiger partial charge in [0.05, 0.1) is 30.9 Å². The lowest BCUT2D eigenvalue weighted by molar-refractivity contribution is -0.140. The van der Waals surface area contributed by atoms with Crippen LogP contribution in [0.4, 0.5) is 0 Å². The minimum atomic E-state index is -2.63. The van der Waals surface area contributed by atoms with E-state index in [9.17, 15) is 23.1 Å². The molecule has 2 aromatic heterocycles. The van der Waals surface area contributed by atoms with Gasteiger partial charge in [0, 0.05) is 34.7 Å². The maximum absolute atomic E-state index is 13.9. The maximum atomic E-state index is 13.9. The first-order valence-corrected chi connectivity index (χ1v) is 17.2. The predicted octanol–water partition coefficient (Wildman–Crippen LogP) is 3.20. The molecule has 1 saturated carbocycles. The fourth-order valence-electron chi connectivity index (χ4n) is 6.09. The molecule has 5 rings (SSSR count). The summed E-state index contributed by atoms with van der Waals surface area (Å²) in [4.78, 5) is 51.2. The molecule has 1 aliphatic heterocycles. The number of likely N-dealkylation sites (tertiary alicyclic amines) is 1. The van der Waals surface area contributed by atoms with Crippen LogP contribution in [0.3, 0.4) is 0 Å². The molecule has 1 aromatic carbocycles. The van der Waals surface area contributed by atoms with E-state index < -0.39 is 58.1 Å². The first-order chi connectivity index (χ1) is 22.1. The fourth-order valence-corrected chi connectivity index (χ4v) is 7.37. The number of thiazole rings is 1. The quantitative estimate of drug-likeness (QED) is 0.173. The average Bonchev–Trinajstić information content (AvgIpc) is 3.31. The van der Waals surface area contributed by atoms with Crippen molar-refractivity contribution >= 4 is 51.2 Å². The van der Waals surface area contributed by atoms with Gasteiger partial charge < -0.3 is 25.4 Å². The molecule has 13 nitrogen and oxygen atoms in total. The van der Waals surface area contributed by atoms with Crippen LogP contribution in [-0.2, 0) is 25.7 Å². The van der Waals surface area contributed by atoms with E-state index in [0.717, 1.165) is 16.3 Å². The largest absolute Gasteiger partial charge is 0.496 e. The normalized spacial score (nSPS) is 24.9. The topological polar surface area (TPSA) is 186 Å². The highest BCUT2D eigenvalue weighted by Crippen LogP contribution is 2.46. The lowest BCUT2D eigenvalue weighted by Gasteiger charge is -2.28. The molecule has 3 heterocycles. The number of nitrogens with two attached hydrogens (primary N) is 1. The second kappa shape index (κ2) is 12.9. The Balaban J connectivity index is 1.52. The van der Waals surface area contributed by atoms with Gasteiger partial charge in [-0.05, 0) is 45.2 Å². The standard InChI is InChI=1S/C32H40N6O7S2/c1-8-19-12-32(19,30(41)37-47(42)43)36-27(39)23-13-31(6,15-38(23)29(40)18(5)33)45-25-11-21(28-35-22(14-46-28)16(2)3)34-26-17(4)24(44-7)10-9-20(25)26/h8-11,14,16,18-19,23H,1,12-13,15,33H2,2-7H3,(H,36,39)(H,37,41)(H,42,43). The Morgan fingerprint density at radius 2 is 1.96 bits per heavy atom. The van der Waals surface area contributed by atoms with Crippen LogP contribution in [0.5, 0.6) is 11.5 Å². The Morgan fingerprint density at radius 3 is 2.53 bits per heavy atom. The number of hydrogen-bond donors (Lipinski definition) is 4. The minimum absolute atomic E-state index is 0.0270. The number of rotatable bonds is 11. The van der Waals surface area contributed by atoms with E-state index in [0.29, 0.717) is 28.1 Å². The highest BCUT2D eigenvalue weighted by atomic mass is 32.2. The maximum Gasteiger partial charge on any atom is 0.261 e. The number of carbonyl (C=O) groups is 3. The van der Waals surface area contributed by atoms with Crippen molar-refractivity contribution in [3.8, 4) is 22.2 Å². The number of ether oxygens (including phenoxy) is 2. The second-order valence-corrected chi connectivity index (χ2v) is 14.3. The van der Waals surface area contributed by atoms with Crippen molar-refractivity contribution in [2.24, 2.45) is 11.7 Å². The number of fused-ring (bicyclic) bond motifs is 1. The van der Waals surface area contributed by atoms with Crippen molar-refractivity contribution in [3.63, 3.8) is 0 Å². The number of carbonyl (C=O) groups excluding carboxylic acids is 3. The summed E-state index contributed by atoms with van der Waals surface area (Å²) in [6.07, 6.45) is 1.77. The average molecular weight is 685 g/mol. The number of aromatic nitrogens is 2. The Morgan fingerprint density at radius 1 is 1.23 bits per heavy atom. The molecule has 6 unspecified atom stereocenters. The summed E-state index contributed by atoms with van der Waals surface area (Å²) in [5.41, 5.74) is 6.51. The lowest BCUT2D eigenvalue weighted by Crippen LogP contribution is -2.57. The first kappa shape index (κ1) is 34.4. The third-order valence-electron chi connectivity index (χ3n) is 8.77. The van der Waals surface area contributed by atoms with Crippen LogP contribution < -0.4 is 25.2 Å². The highest BCUT2D eigenvalue weighted by molar-refractivity contribution is 7.77. The van der Waals surface area contributed by atoms with Crippen molar-refractivity contribution < 1.29 is 32.6 Å². The molecular weight excluding hydrogens is 645 g/mol. The zero-order chi connectivity index (χ0) is 34.4. The fraction of sp³-hybridized carbons (Fsp3) is 0.469. The molecule has 0 radical (unpaired) electrons. The molecular formula is C32H40N6O7S2. The molecule has 5 N–H and O–H groups in total. The second-order valence-electron chi connectivity index (χ2n) is 12.7. The molecule has 2 aliphatic rings. The van der Waals surface area contributed by atoms with E-state index in [4.69, 9.17) is 25.2 Å². The number of benzene rings is 1. The van der Waals surface area contributed by atoms with E-state index in [1.54, 1.807) is 7.11 Å². The van der Waals surface area contributed by atoms with Gasteiger partial charge in [-0.15, -0.1) is 17.9 Å². The Hall–Kier alpha value is -3.92. The van der Waals surface area contributed by atoms with Crippen molar-refractivity contribution in [1.82, 2.24) is 24.9 Å². The Labute approximate surface area is 279 Å². The summed E-state index contributed by atoms with van der Waals surface area (Å²) in [7, 11) is 1.59. The van der Waals surface area contributed by atoms with Gasteiger partial charge in [-0.1, -0.05) is 19.9 Å². The molecule has 6 atom stereocenters. The molecule has 3 aromatic rings. The third-order valence-corrected chi connectivity index (χ3v) is 10.0. The Kier molecular flexibility index (Phi) is 9.48. The monoisotopic (exact) mass is 684 g/mol. The zero-order valence-corrected chi connectivity index (χ0v) is 28.8. The van der Waals surface area contributed by atoms with Crippen molar-refractivity contribution in [3.05, 3.63) is 47.5 Å². The molecule has 0 bridgehead atoms. The van der Waals surface area contributed by atoms with E-state index in [1.807, 2.05) is 42.1 Å². The number of nitrogens with zero attached hydrogens (tertiary/aromatic N) is 3. The number of methoxy groups -OCH3 is 1. The van der Waals surface area contributed by atoms with Crippen LogP contribution in [-0.4, -0.2) is 78.2 Å². The molecule has 1 aliphatic carbocycles.